The largest absolute Gasteiger partial charge is 0.391 e. The summed E-state index contributed by atoms with van der Waals surface area (Å²) in [6, 6.07) is 0. The Morgan fingerprint density at radius 2 is 2.57 bits per heavy atom. The van der Waals surface area contributed by atoms with Gasteiger partial charge < -0.3 is 5.11 Å². The van der Waals surface area contributed by atoms with E-state index in [9.17, 15) is 0 Å². The minimum atomic E-state index is 0.0463. The first kappa shape index (κ1) is 7.34. The minimum Gasteiger partial charge on any atom is -0.391 e. The molecule has 0 aromatic rings. The molecule has 1 N–H and O–H groups in total. The highest BCUT2D eigenvalue weighted by atomic mass is 35.7. The van der Waals surface area contributed by atoms with Crippen molar-refractivity contribution < 1.29 is 5.11 Å². The molecule has 0 amide bonds. The molecule has 0 heterocycles. The molecule has 7 heavy (non-hydrogen) atoms. The van der Waals surface area contributed by atoms with Crippen LogP contribution in [0.5, 0.6) is 0 Å². The number of rotatable bonds is 2. The lowest BCUT2D eigenvalue weighted by Gasteiger charge is -1.89. The third-order valence-electron chi connectivity index (χ3n) is 0.577. The summed E-state index contributed by atoms with van der Waals surface area (Å²) in [6.45, 7) is 1.88. The van der Waals surface area contributed by atoms with E-state index in [4.69, 9.17) is 15.8 Å². The lowest BCUT2D eigenvalue weighted by atomic mass is 10.5. The first-order valence-corrected chi connectivity index (χ1v) is 3.54. The summed E-state index contributed by atoms with van der Waals surface area (Å²) in [5.74, 6) is 0. The van der Waals surface area contributed by atoms with Crippen molar-refractivity contribution in [2.24, 2.45) is 0 Å². The van der Waals surface area contributed by atoms with Crippen LogP contribution in [0.2, 0.25) is 0 Å². The van der Waals surface area contributed by atoms with E-state index in [0.29, 0.717) is 0 Å². The van der Waals surface area contributed by atoms with Crippen molar-refractivity contribution in [3.63, 3.8) is 0 Å². The van der Waals surface area contributed by atoms with Gasteiger partial charge in [-0.2, -0.15) is 0 Å². The highest BCUT2D eigenvalue weighted by Crippen LogP contribution is 2.17. The lowest BCUT2D eigenvalue weighted by Crippen LogP contribution is -1.78. The van der Waals surface area contributed by atoms with Crippen molar-refractivity contribution in [1.29, 1.82) is 0 Å². The lowest BCUT2D eigenvalue weighted by molar-refractivity contribution is 0.339. The van der Waals surface area contributed by atoms with E-state index in [1.807, 2.05) is 6.92 Å². The summed E-state index contributed by atoms with van der Waals surface area (Å²) in [6.07, 6.45) is 1.78. The van der Waals surface area contributed by atoms with Crippen LogP contribution in [-0.4, -0.2) is 11.7 Å². The Labute approximate surface area is 51.9 Å². The first-order chi connectivity index (χ1) is 3.35. The quantitative estimate of drug-likeness (QED) is 0.628. The molecule has 0 aliphatic carbocycles. The molecule has 0 fully saturated rings. The molecule has 0 saturated heterocycles. The van der Waals surface area contributed by atoms with Gasteiger partial charge in [-0.15, -0.1) is 0 Å². The van der Waals surface area contributed by atoms with Gasteiger partial charge in [0.2, 0.25) is 0 Å². The number of hydrogen-bond acceptors (Lipinski definition) is 2. The summed E-state index contributed by atoms with van der Waals surface area (Å²) in [5, 5.41) is 8.35. The van der Waals surface area contributed by atoms with Crippen LogP contribution in [0.25, 0.3) is 0 Å². The Bertz CT molecular complexity index is 66.1. The summed E-state index contributed by atoms with van der Waals surface area (Å²) < 4.78 is 0. The fraction of sp³-hybridized carbons (Fsp3) is 0.500. The first-order valence-electron chi connectivity index (χ1n) is 1.89. The van der Waals surface area contributed by atoms with Gasteiger partial charge in [0.1, 0.15) is 0 Å². The van der Waals surface area contributed by atoms with E-state index < -0.39 is 0 Å². The fourth-order valence-corrected chi connectivity index (χ4v) is 0.712. The molecule has 1 nitrogen and oxygen atoms in total. The van der Waals surface area contributed by atoms with Crippen molar-refractivity contribution in [3.8, 4) is 0 Å². The maximum absolute atomic E-state index is 8.35. The molecular formula is C4H7ClOS. The monoisotopic (exact) mass is 138 g/mol. The molecule has 0 rings (SSSR count). The maximum Gasteiger partial charge on any atom is 0.0749 e. The van der Waals surface area contributed by atoms with Crippen molar-refractivity contribution >= 4 is 21.7 Å². The zero-order valence-corrected chi connectivity index (χ0v) is 5.59. The average Bonchev–Trinajstić information content (AvgIpc) is 1.72. The van der Waals surface area contributed by atoms with Crippen LogP contribution in [0.1, 0.15) is 6.92 Å². The predicted octanol–water partition coefficient (Wildman–Crippen LogP) is 1.77. The smallest absolute Gasteiger partial charge is 0.0749 e. The van der Waals surface area contributed by atoms with E-state index in [2.05, 4.69) is 0 Å². The summed E-state index contributed by atoms with van der Waals surface area (Å²) in [7, 11) is 6.31. The van der Waals surface area contributed by atoms with Crippen molar-refractivity contribution in [3.05, 3.63) is 11.0 Å². The van der Waals surface area contributed by atoms with Crippen LogP contribution in [0.4, 0.5) is 0 Å². The van der Waals surface area contributed by atoms with Crippen LogP contribution >= 0.6 is 21.7 Å². The standard InChI is InChI=1S/C4H7ClOS/c1-2-4(3-6)7-5/h2,6H,3H2,1H3/b4-2-. The van der Waals surface area contributed by atoms with E-state index in [-0.39, 0.29) is 6.61 Å². The van der Waals surface area contributed by atoms with Crippen LogP contribution < -0.4 is 0 Å². The summed E-state index contributed by atoms with van der Waals surface area (Å²) in [5.41, 5.74) is 0. The molecule has 0 aliphatic heterocycles. The average molecular weight is 139 g/mol. The SMILES string of the molecule is C/C=C(/CO)SCl. The normalized spacial score (nSPS) is 12.1. The second-order valence-corrected chi connectivity index (χ2v) is 2.13. The fourth-order valence-electron chi connectivity index (χ4n) is 0.160. The van der Waals surface area contributed by atoms with E-state index in [1.54, 1.807) is 6.08 Å². The molecule has 0 atom stereocenters. The molecule has 0 spiro atoms. The Balaban J connectivity index is 3.38. The van der Waals surface area contributed by atoms with Crippen LogP contribution in [-0.2, 0) is 0 Å². The number of halogens is 1. The number of aliphatic hydroxyl groups excluding tert-OH is 1. The summed E-state index contributed by atoms with van der Waals surface area (Å²) in [4.78, 5) is 0.793. The molecule has 42 valence electrons. The van der Waals surface area contributed by atoms with Crippen molar-refractivity contribution in [2.45, 2.75) is 6.92 Å². The second-order valence-electron chi connectivity index (χ2n) is 0.990. The maximum atomic E-state index is 8.35. The number of hydrogen-bond donors (Lipinski definition) is 1. The number of allylic oxidation sites excluding steroid dienone is 1. The predicted molar refractivity (Wildman–Crippen MR) is 34.3 cm³/mol. The second kappa shape index (κ2) is 4.50. The summed E-state index contributed by atoms with van der Waals surface area (Å²) >= 11 is 0. The van der Waals surface area contributed by atoms with Crippen LogP contribution in [0.15, 0.2) is 11.0 Å². The van der Waals surface area contributed by atoms with Crippen LogP contribution in [0.3, 0.4) is 0 Å². The van der Waals surface area contributed by atoms with E-state index in [1.165, 1.54) is 0 Å². The van der Waals surface area contributed by atoms with Gasteiger partial charge in [-0.05, 0) is 28.6 Å². The van der Waals surface area contributed by atoms with Gasteiger partial charge in [0.25, 0.3) is 0 Å². The van der Waals surface area contributed by atoms with Crippen LogP contribution in [0, 0.1) is 0 Å². The Morgan fingerprint density at radius 1 is 2.00 bits per heavy atom. The Kier molecular flexibility index (Phi) is 4.72. The van der Waals surface area contributed by atoms with Gasteiger partial charge >= 0.3 is 0 Å². The Hall–Kier alpha value is 0.340. The highest BCUT2D eigenvalue weighted by molar-refractivity contribution is 8.24. The van der Waals surface area contributed by atoms with Gasteiger partial charge in [0.15, 0.2) is 0 Å². The third kappa shape index (κ3) is 2.97. The molecule has 0 saturated carbocycles. The van der Waals surface area contributed by atoms with E-state index >= 15 is 0 Å². The van der Waals surface area contributed by atoms with Crippen molar-refractivity contribution in [2.75, 3.05) is 6.61 Å². The molecule has 0 aliphatic rings. The highest BCUT2D eigenvalue weighted by Gasteiger charge is 1.86. The zero-order valence-electron chi connectivity index (χ0n) is 4.02. The van der Waals surface area contributed by atoms with Gasteiger partial charge in [-0.3, -0.25) is 0 Å². The van der Waals surface area contributed by atoms with Crippen molar-refractivity contribution in [1.82, 2.24) is 0 Å². The van der Waals surface area contributed by atoms with Gasteiger partial charge in [-0.1, -0.05) is 6.08 Å². The van der Waals surface area contributed by atoms with Gasteiger partial charge in [0, 0.05) is 4.91 Å². The molecule has 0 bridgehead atoms. The molecule has 0 aromatic carbocycles. The minimum absolute atomic E-state index is 0.0463. The zero-order chi connectivity index (χ0) is 5.70. The Morgan fingerprint density at radius 3 is 2.57 bits per heavy atom. The molecule has 0 unspecified atom stereocenters. The molecule has 3 heteroatoms. The molecule has 0 aromatic heterocycles. The molecular weight excluding hydrogens is 132 g/mol. The van der Waals surface area contributed by atoms with Gasteiger partial charge in [0.05, 0.1) is 6.61 Å². The van der Waals surface area contributed by atoms with E-state index in [0.717, 1.165) is 15.9 Å². The molecule has 0 radical (unpaired) electrons. The topological polar surface area (TPSA) is 20.2 Å². The van der Waals surface area contributed by atoms with Gasteiger partial charge in [-0.25, -0.2) is 0 Å². The third-order valence-corrected chi connectivity index (χ3v) is 1.73. The number of aliphatic hydroxyl groups is 1.